The number of anilines is 3. The molecular weight excluding hydrogens is 778 g/mol. The number of nitrogens with zero attached hydrogens (tertiary/aromatic N) is 1. The maximum Gasteiger partial charge on any atom is 0.146 e. The highest BCUT2D eigenvalue weighted by atomic mass is 79.9. The van der Waals surface area contributed by atoms with E-state index >= 15 is 0 Å². The highest BCUT2D eigenvalue weighted by Gasteiger charge is 2.41. The maximum atomic E-state index is 3.92. The van der Waals surface area contributed by atoms with Crippen LogP contribution >= 0.6 is 31.9 Å². The van der Waals surface area contributed by atoms with Gasteiger partial charge in [0.05, 0.1) is 0 Å². The van der Waals surface area contributed by atoms with Crippen molar-refractivity contribution in [2.45, 2.75) is 84.4 Å². The van der Waals surface area contributed by atoms with E-state index < -0.39 is 8.07 Å². The summed E-state index contributed by atoms with van der Waals surface area (Å²) in [5.74, 6) is 3.69. The minimum atomic E-state index is -1.83. The molecule has 5 aromatic rings. The first-order valence-electron chi connectivity index (χ1n) is 18.6. The van der Waals surface area contributed by atoms with Crippen LogP contribution < -0.4 is 4.90 Å². The van der Waals surface area contributed by atoms with E-state index in [2.05, 4.69) is 230 Å². The Morgan fingerprint density at radius 1 is 0.635 bits per heavy atom. The van der Waals surface area contributed by atoms with E-state index in [9.17, 15) is 0 Å². The molecule has 0 amide bonds. The Balaban J connectivity index is 1.44. The van der Waals surface area contributed by atoms with Gasteiger partial charge in [0.2, 0.25) is 0 Å². The molecule has 0 saturated carbocycles. The van der Waals surface area contributed by atoms with E-state index in [1.165, 1.54) is 22.3 Å². The van der Waals surface area contributed by atoms with Crippen LogP contribution in [-0.4, -0.2) is 8.07 Å². The van der Waals surface area contributed by atoms with Crippen molar-refractivity contribution in [3.05, 3.63) is 153 Å². The van der Waals surface area contributed by atoms with Crippen LogP contribution in [0.1, 0.15) is 84.4 Å². The zero-order chi connectivity index (χ0) is 37.3. The summed E-state index contributed by atoms with van der Waals surface area (Å²) < 4.78 is 2.12. The summed E-state index contributed by atoms with van der Waals surface area (Å²) in [6, 6.07) is 43.3. The highest BCUT2D eigenvalue weighted by molar-refractivity contribution is 9.10. The predicted molar refractivity (Wildman–Crippen MR) is 237 cm³/mol. The molecule has 0 aliphatic rings. The molecule has 0 spiro atoms. The number of hydrogen-bond acceptors (Lipinski definition) is 1. The molecule has 0 saturated heterocycles. The lowest BCUT2D eigenvalue weighted by atomic mass is 9.97. The van der Waals surface area contributed by atoms with Gasteiger partial charge in [0.15, 0.2) is 0 Å². The van der Waals surface area contributed by atoms with Crippen LogP contribution in [0.25, 0.3) is 22.8 Å². The van der Waals surface area contributed by atoms with Crippen molar-refractivity contribution < 1.29 is 0 Å². The van der Waals surface area contributed by atoms with E-state index in [1.807, 2.05) is 0 Å². The first-order valence-corrected chi connectivity index (χ1v) is 22.4. The van der Waals surface area contributed by atoms with Crippen molar-refractivity contribution in [1.29, 1.82) is 0 Å². The quantitative estimate of drug-likeness (QED) is 0.0688. The lowest BCUT2D eigenvalue weighted by Gasteiger charge is -2.38. The summed E-state index contributed by atoms with van der Waals surface area (Å²) in [6.45, 7) is 16.5. The van der Waals surface area contributed by atoms with Gasteiger partial charge in [-0.3, -0.25) is 0 Å². The third kappa shape index (κ3) is 9.38. The van der Waals surface area contributed by atoms with Crippen LogP contribution in [0.3, 0.4) is 0 Å². The Labute approximate surface area is 331 Å². The fourth-order valence-corrected chi connectivity index (χ4v) is 13.2. The standard InChI is InChI=1S/C48H51Br2NSi/c1-8-9-12-38(15-16-39-13-10-11-14-40(39)33-34-52(35(2)3,36(4)5)37(6)7)41-17-19-42(20-18-41)43-21-27-46(28-22-43)51(47-29-23-44(49)24-30-47)48-31-25-45(50)26-32-48/h10-11,13-14,16-32,35-37H,8-9,12H2,1-7H3. The molecule has 1 nitrogen and oxygen atoms in total. The van der Waals surface area contributed by atoms with Gasteiger partial charge in [0.25, 0.3) is 0 Å². The molecule has 5 aromatic carbocycles. The second kappa shape index (κ2) is 18.3. The third-order valence-electron chi connectivity index (χ3n) is 10.3. The normalized spacial score (nSPS) is 11.3. The molecule has 266 valence electrons. The summed E-state index contributed by atoms with van der Waals surface area (Å²) in [4.78, 5) is 2.28. The van der Waals surface area contributed by atoms with Gasteiger partial charge in [-0.05, 0) is 125 Å². The van der Waals surface area contributed by atoms with Gasteiger partial charge in [-0.25, -0.2) is 0 Å². The van der Waals surface area contributed by atoms with Gasteiger partial charge < -0.3 is 4.90 Å². The van der Waals surface area contributed by atoms with Crippen molar-refractivity contribution >= 4 is 68.6 Å². The van der Waals surface area contributed by atoms with E-state index in [0.717, 1.165) is 56.4 Å². The molecule has 0 unspecified atom stereocenters. The van der Waals surface area contributed by atoms with Crippen LogP contribution in [0.5, 0.6) is 0 Å². The Morgan fingerprint density at radius 3 is 1.58 bits per heavy atom. The minimum Gasteiger partial charge on any atom is -0.311 e. The molecule has 5 rings (SSSR count). The summed E-state index contributed by atoms with van der Waals surface area (Å²) in [6.07, 6.45) is 5.41. The second-order valence-corrected chi connectivity index (χ2v) is 21.9. The predicted octanol–water partition coefficient (Wildman–Crippen LogP) is 15.8. The Morgan fingerprint density at radius 2 is 1.10 bits per heavy atom. The van der Waals surface area contributed by atoms with Gasteiger partial charge in [0, 0.05) is 37.1 Å². The molecule has 0 aliphatic carbocycles. The number of rotatable bonds is 12. The molecule has 52 heavy (non-hydrogen) atoms. The van der Waals surface area contributed by atoms with E-state index in [0.29, 0.717) is 16.6 Å². The lowest BCUT2D eigenvalue weighted by molar-refractivity contribution is 0.825. The number of unbranched alkanes of at least 4 members (excludes halogenated alkanes) is 1. The molecule has 0 radical (unpaired) electrons. The van der Waals surface area contributed by atoms with Crippen molar-refractivity contribution in [3.8, 4) is 22.6 Å². The second-order valence-electron chi connectivity index (χ2n) is 14.5. The summed E-state index contributed by atoms with van der Waals surface area (Å²) in [5.41, 5.74) is 19.9. The highest BCUT2D eigenvalue weighted by Crippen LogP contribution is 2.41. The molecular formula is C48H51Br2NSi. The summed E-state index contributed by atoms with van der Waals surface area (Å²) in [7, 11) is -1.83. The zero-order valence-corrected chi connectivity index (χ0v) is 35.9. The third-order valence-corrected chi connectivity index (χ3v) is 17.6. The van der Waals surface area contributed by atoms with Gasteiger partial charge in [-0.15, -0.1) is 11.3 Å². The number of allylic oxidation sites excluding steroid dienone is 1. The van der Waals surface area contributed by atoms with Crippen molar-refractivity contribution in [1.82, 2.24) is 0 Å². The fourth-order valence-electron chi connectivity index (χ4n) is 7.46. The molecule has 0 fully saturated rings. The van der Waals surface area contributed by atoms with Crippen molar-refractivity contribution in [2.75, 3.05) is 4.90 Å². The molecule has 0 aliphatic heterocycles. The topological polar surface area (TPSA) is 3.24 Å². The molecule has 4 heteroatoms. The molecule has 0 bridgehead atoms. The molecule has 0 N–H and O–H groups in total. The molecule has 0 atom stereocenters. The average molecular weight is 830 g/mol. The Hall–Kier alpha value is -3.84. The first-order chi connectivity index (χ1) is 25.0. The van der Waals surface area contributed by atoms with Gasteiger partial charge in [0.1, 0.15) is 8.07 Å². The zero-order valence-electron chi connectivity index (χ0n) is 31.7. The van der Waals surface area contributed by atoms with Gasteiger partial charge in [-0.2, -0.15) is 0 Å². The van der Waals surface area contributed by atoms with Gasteiger partial charge >= 0.3 is 0 Å². The van der Waals surface area contributed by atoms with Crippen molar-refractivity contribution in [3.63, 3.8) is 0 Å². The van der Waals surface area contributed by atoms with E-state index in [1.54, 1.807) is 0 Å². The molecule has 0 heterocycles. The minimum absolute atomic E-state index is 0.605. The Bertz CT molecular complexity index is 1970. The monoisotopic (exact) mass is 827 g/mol. The lowest BCUT2D eigenvalue weighted by Crippen LogP contribution is -2.43. The van der Waals surface area contributed by atoms with Gasteiger partial charge in [-0.1, -0.05) is 147 Å². The van der Waals surface area contributed by atoms with E-state index in [4.69, 9.17) is 0 Å². The SMILES string of the molecule is CCCCC(=C=Cc1ccccc1C#C[Si](C(C)C)(C(C)C)C(C)C)c1ccc(-c2ccc(N(c3ccc(Br)cc3)c3ccc(Br)cc3)cc2)cc1. The van der Waals surface area contributed by atoms with Crippen LogP contribution in [0.2, 0.25) is 16.6 Å². The molecule has 0 aromatic heterocycles. The van der Waals surface area contributed by atoms with E-state index in [-0.39, 0.29) is 0 Å². The largest absolute Gasteiger partial charge is 0.311 e. The fraction of sp³-hybridized carbons (Fsp3) is 0.271. The maximum absolute atomic E-state index is 3.92. The first kappa shape index (κ1) is 39.4. The average Bonchev–Trinajstić information content (AvgIpc) is 3.14. The smallest absolute Gasteiger partial charge is 0.146 e. The van der Waals surface area contributed by atoms with Crippen LogP contribution in [0.4, 0.5) is 17.1 Å². The van der Waals surface area contributed by atoms with Crippen LogP contribution in [0.15, 0.2) is 136 Å². The number of benzene rings is 5. The van der Waals surface area contributed by atoms with Crippen molar-refractivity contribution in [2.24, 2.45) is 0 Å². The van der Waals surface area contributed by atoms with Crippen LogP contribution in [0, 0.1) is 11.5 Å². The number of hydrogen-bond donors (Lipinski definition) is 0. The summed E-state index contributed by atoms with van der Waals surface area (Å²) in [5, 5.41) is 0. The number of halogens is 2. The Kier molecular flexibility index (Phi) is 13.8. The van der Waals surface area contributed by atoms with Crippen LogP contribution in [-0.2, 0) is 0 Å². The summed E-state index contributed by atoms with van der Waals surface area (Å²) >= 11 is 7.18.